The Morgan fingerprint density at radius 2 is 2.15 bits per heavy atom. The number of halogens is 3. The van der Waals surface area contributed by atoms with Crippen molar-refractivity contribution in [1.82, 2.24) is 24.7 Å². The van der Waals surface area contributed by atoms with Crippen LogP contribution in [0.4, 0.5) is 13.2 Å². The summed E-state index contributed by atoms with van der Waals surface area (Å²) in [4.78, 5) is 24.9. The maximum Gasteiger partial charge on any atom is 0.413 e. The fraction of sp³-hybridized carbons (Fsp3) is 0.625. The summed E-state index contributed by atoms with van der Waals surface area (Å²) in [7, 11) is 0. The second kappa shape index (κ2) is 6.04. The Balaban J connectivity index is 1.60. The number of nitrogens with one attached hydrogen (secondary N) is 1. The number of fused-ring (bicyclic) bond motifs is 1. The van der Waals surface area contributed by atoms with Crippen LogP contribution in [0.1, 0.15) is 36.7 Å². The molecule has 146 valence electrons. The molecule has 8 nitrogen and oxygen atoms in total. The fourth-order valence-electron chi connectivity index (χ4n) is 3.28. The molecule has 3 heterocycles. The highest BCUT2D eigenvalue weighted by Gasteiger charge is 2.58. The molecule has 2 aromatic rings. The first kappa shape index (κ1) is 18.0. The third-order valence-electron chi connectivity index (χ3n) is 4.99. The van der Waals surface area contributed by atoms with Crippen LogP contribution in [0, 0.1) is 6.92 Å². The van der Waals surface area contributed by atoms with E-state index in [9.17, 15) is 22.8 Å². The molecule has 0 bridgehead atoms. The number of amides is 1. The normalized spacial score (nSPS) is 23.1. The van der Waals surface area contributed by atoms with E-state index >= 15 is 0 Å². The van der Waals surface area contributed by atoms with E-state index in [-0.39, 0.29) is 18.5 Å². The number of hydrogen-bond donors (Lipinski definition) is 1. The highest BCUT2D eigenvalue weighted by atomic mass is 19.4. The summed E-state index contributed by atoms with van der Waals surface area (Å²) in [5.41, 5.74) is -1.95. The molecule has 11 heteroatoms. The highest BCUT2D eigenvalue weighted by molar-refractivity contribution is 5.76. The molecule has 1 N–H and O–H groups in total. The van der Waals surface area contributed by atoms with E-state index in [1.807, 2.05) is 5.32 Å². The van der Waals surface area contributed by atoms with Crippen LogP contribution in [-0.2, 0) is 16.1 Å². The quantitative estimate of drug-likeness (QED) is 0.845. The molecule has 1 aliphatic carbocycles. The number of carbonyl (C=O) groups is 1. The summed E-state index contributed by atoms with van der Waals surface area (Å²) >= 11 is 0. The molecule has 2 aliphatic rings. The minimum Gasteiger partial charge on any atom is -0.379 e. The summed E-state index contributed by atoms with van der Waals surface area (Å²) in [6.07, 6.45) is -3.00. The average Bonchev–Trinajstić information content (AvgIpc) is 3.14. The Bertz CT molecular complexity index is 955. The maximum atomic E-state index is 13.4. The van der Waals surface area contributed by atoms with Crippen molar-refractivity contribution in [3.63, 3.8) is 0 Å². The van der Waals surface area contributed by atoms with Gasteiger partial charge in [0.15, 0.2) is 5.54 Å². The van der Waals surface area contributed by atoms with Gasteiger partial charge in [0.05, 0.1) is 12.3 Å². The van der Waals surface area contributed by atoms with Crippen LogP contribution in [-0.4, -0.2) is 50.2 Å². The zero-order chi connectivity index (χ0) is 19.4. The van der Waals surface area contributed by atoms with Crippen molar-refractivity contribution in [3.05, 3.63) is 27.9 Å². The summed E-state index contributed by atoms with van der Waals surface area (Å²) < 4.78 is 47.2. The second-order valence-corrected chi connectivity index (χ2v) is 7.08. The number of alkyl halides is 3. The van der Waals surface area contributed by atoms with Crippen molar-refractivity contribution in [1.29, 1.82) is 0 Å². The minimum atomic E-state index is -4.65. The molecule has 1 atom stereocenters. The molecule has 1 aliphatic heterocycles. The van der Waals surface area contributed by atoms with Crippen molar-refractivity contribution in [3.8, 4) is 0 Å². The summed E-state index contributed by atoms with van der Waals surface area (Å²) in [6, 6.07) is 1.66. The Kier molecular flexibility index (Phi) is 4.02. The van der Waals surface area contributed by atoms with Crippen molar-refractivity contribution in [2.24, 2.45) is 0 Å². The van der Waals surface area contributed by atoms with Crippen LogP contribution >= 0.6 is 0 Å². The molecule has 0 aromatic carbocycles. The number of aryl methyl sites for hydroxylation is 1. The SMILES string of the molecule is Cc1nn(CC(=O)NC2(C(F)(F)F)CCOC2)c(=O)c2cc(C3CC3)nn12. The largest absolute Gasteiger partial charge is 0.413 e. The molecular formula is C16H18F3N5O3. The summed E-state index contributed by atoms with van der Waals surface area (Å²) in [5.74, 6) is -0.244. The van der Waals surface area contributed by atoms with Gasteiger partial charge < -0.3 is 10.1 Å². The summed E-state index contributed by atoms with van der Waals surface area (Å²) in [6.45, 7) is 0.267. The average molecular weight is 385 g/mol. The Morgan fingerprint density at radius 1 is 1.41 bits per heavy atom. The maximum absolute atomic E-state index is 13.4. The molecule has 0 spiro atoms. The molecule has 2 fully saturated rings. The van der Waals surface area contributed by atoms with Gasteiger partial charge >= 0.3 is 6.18 Å². The van der Waals surface area contributed by atoms with Gasteiger partial charge in [0.25, 0.3) is 5.56 Å². The number of ether oxygens (including phenoxy) is 1. The minimum absolute atomic E-state index is 0.0944. The number of rotatable bonds is 4. The van der Waals surface area contributed by atoms with Crippen molar-refractivity contribution in [2.45, 2.75) is 50.4 Å². The predicted octanol–water partition coefficient (Wildman–Crippen LogP) is 0.914. The number of hydrogen-bond acceptors (Lipinski definition) is 5. The summed E-state index contributed by atoms with van der Waals surface area (Å²) in [5, 5.41) is 10.4. The lowest BCUT2D eigenvalue weighted by Crippen LogP contribution is -2.60. The first-order valence-corrected chi connectivity index (χ1v) is 8.63. The zero-order valence-corrected chi connectivity index (χ0v) is 14.5. The van der Waals surface area contributed by atoms with Gasteiger partial charge in [0, 0.05) is 18.9 Å². The van der Waals surface area contributed by atoms with E-state index in [2.05, 4.69) is 10.2 Å². The van der Waals surface area contributed by atoms with E-state index in [1.165, 1.54) is 4.52 Å². The van der Waals surface area contributed by atoms with Crippen LogP contribution < -0.4 is 10.9 Å². The van der Waals surface area contributed by atoms with Gasteiger partial charge in [-0.15, -0.1) is 0 Å². The molecule has 27 heavy (non-hydrogen) atoms. The van der Waals surface area contributed by atoms with E-state index in [0.717, 1.165) is 23.2 Å². The van der Waals surface area contributed by atoms with E-state index < -0.39 is 36.3 Å². The number of nitrogens with zero attached hydrogens (tertiary/aromatic N) is 4. The first-order valence-electron chi connectivity index (χ1n) is 8.63. The third kappa shape index (κ3) is 3.09. The van der Waals surface area contributed by atoms with Crippen LogP contribution in [0.3, 0.4) is 0 Å². The van der Waals surface area contributed by atoms with Gasteiger partial charge in [0.1, 0.15) is 17.9 Å². The van der Waals surface area contributed by atoms with Crippen molar-refractivity contribution in [2.75, 3.05) is 13.2 Å². The molecule has 2 aromatic heterocycles. The zero-order valence-electron chi connectivity index (χ0n) is 14.5. The molecule has 0 radical (unpaired) electrons. The standard InChI is InChI=1S/C16H18F3N5O3/c1-9-21-23(14(26)12-6-11(10-2-3-10)22-24(9)12)7-13(25)20-15(16(17,18)19)4-5-27-8-15/h6,10H,2-5,7-8H2,1H3,(H,20,25). The molecule has 1 saturated heterocycles. The van der Waals surface area contributed by atoms with Gasteiger partial charge in [-0.05, 0) is 25.8 Å². The monoisotopic (exact) mass is 385 g/mol. The topological polar surface area (TPSA) is 90.5 Å². The van der Waals surface area contributed by atoms with E-state index in [1.54, 1.807) is 13.0 Å². The molecular weight excluding hydrogens is 367 g/mol. The Hall–Kier alpha value is -2.43. The highest BCUT2D eigenvalue weighted by Crippen LogP contribution is 2.39. The van der Waals surface area contributed by atoms with E-state index in [0.29, 0.717) is 11.7 Å². The smallest absolute Gasteiger partial charge is 0.379 e. The fourth-order valence-corrected chi connectivity index (χ4v) is 3.28. The molecule has 4 rings (SSSR count). The number of carbonyl (C=O) groups excluding carboxylic acids is 1. The van der Waals surface area contributed by atoms with Gasteiger partial charge in [-0.25, -0.2) is 9.20 Å². The van der Waals surface area contributed by atoms with Gasteiger partial charge in [0.2, 0.25) is 5.91 Å². The molecule has 1 saturated carbocycles. The Labute approximate surface area is 151 Å². The van der Waals surface area contributed by atoms with Crippen LogP contribution in [0.15, 0.2) is 10.9 Å². The van der Waals surface area contributed by atoms with Crippen molar-refractivity contribution >= 4 is 11.4 Å². The van der Waals surface area contributed by atoms with Crippen molar-refractivity contribution < 1.29 is 22.7 Å². The lowest BCUT2D eigenvalue weighted by atomic mass is 9.98. The predicted molar refractivity (Wildman–Crippen MR) is 86.3 cm³/mol. The Morgan fingerprint density at radius 3 is 2.74 bits per heavy atom. The van der Waals surface area contributed by atoms with Crippen LogP contribution in [0.25, 0.3) is 5.52 Å². The van der Waals surface area contributed by atoms with Gasteiger partial charge in [-0.1, -0.05) is 0 Å². The molecule has 1 unspecified atom stereocenters. The first-order chi connectivity index (χ1) is 12.7. The number of aromatic nitrogens is 4. The third-order valence-corrected chi connectivity index (χ3v) is 4.99. The lowest BCUT2D eigenvalue weighted by molar-refractivity contribution is -0.197. The second-order valence-electron chi connectivity index (χ2n) is 7.08. The van der Waals surface area contributed by atoms with Crippen LogP contribution in [0.2, 0.25) is 0 Å². The van der Waals surface area contributed by atoms with Gasteiger partial charge in [-0.2, -0.15) is 23.4 Å². The molecule has 1 amide bonds. The van der Waals surface area contributed by atoms with Gasteiger partial charge in [-0.3, -0.25) is 9.59 Å². The van der Waals surface area contributed by atoms with Crippen LogP contribution in [0.5, 0.6) is 0 Å². The lowest BCUT2D eigenvalue weighted by Gasteiger charge is -2.31. The van der Waals surface area contributed by atoms with E-state index in [4.69, 9.17) is 4.74 Å².